The van der Waals surface area contributed by atoms with Crippen LogP contribution in [0, 0.1) is 0 Å². The molecule has 0 nitrogen and oxygen atoms in total. The molecule has 0 aliphatic rings. The zero-order valence-corrected chi connectivity index (χ0v) is 13.1. The lowest BCUT2D eigenvalue weighted by molar-refractivity contribution is 1.36. The van der Waals surface area contributed by atoms with Gasteiger partial charge in [0.2, 0.25) is 0 Å². The molecule has 0 bridgehead atoms. The van der Waals surface area contributed by atoms with Crippen LogP contribution < -0.4 is 0 Å². The van der Waals surface area contributed by atoms with Gasteiger partial charge in [-0.15, -0.1) is 0 Å². The van der Waals surface area contributed by atoms with Crippen LogP contribution in [0.25, 0.3) is 11.1 Å². The van der Waals surface area contributed by atoms with Crippen LogP contribution in [0.15, 0.2) is 51.4 Å². The summed E-state index contributed by atoms with van der Waals surface area (Å²) >= 11 is 10.7. The van der Waals surface area contributed by atoms with Crippen molar-refractivity contribution >= 4 is 47.8 Å². The maximum atomic E-state index is 3.67. The smallest absolute Gasteiger partial charge is 0.0305 e. The molecule has 0 atom stereocenters. The Balaban J connectivity index is 2.59. The van der Waals surface area contributed by atoms with E-state index in [0.717, 1.165) is 14.3 Å². The van der Waals surface area contributed by atoms with E-state index in [1.807, 2.05) is 6.07 Å². The minimum absolute atomic E-state index is 0.828. The van der Waals surface area contributed by atoms with Crippen LogP contribution in [0.2, 0.25) is 0 Å². The first-order chi connectivity index (χ1) is 7.74. The lowest BCUT2D eigenvalue weighted by Crippen LogP contribution is -1.87. The monoisotopic (exact) mass is 402 g/mol. The van der Waals surface area contributed by atoms with Crippen LogP contribution in [0.3, 0.4) is 0 Å². The first-order valence-corrected chi connectivity index (χ1v) is 7.53. The van der Waals surface area contributed by atoms with Crippen LogP contribution in [-0.2, 0) is 5.33 Å². The summed E-state index contributed by atoms with van der Waals surface area (Å²) in [5.41, 5.74) is 3.68. The molecule has 3 heteroatoms. The van der Waals surface area contributed by atoms with Crippen LogP contribution >= 0.6 is 47.8 Å². The molecule has 0 unspecified atom stereocenters. The molecule has 0 radical (unpaired) electrons. The van der Waals surface area contributed by atoms with Crippen LogP contribution in [0.4, 0.5) is 0 Å². The molecule has 0 saturated heterocycles. The highest BCUT2D eigenvalue weighted by molar-refractivity contribution is 9.11. The minimum atomic E-state index is 0.828. The van der Waals surface area contributed by atoms with Gasteiger partial charge in [0, 0.05) is 14.3 Å². The van der Waals surface area contributed by atoms with Crippen molar-refractivity contribution < 1.29 is 0 Å². The van der Waals surface area contributed by atoms with E-state index in [9.17, 15) is 0 Å². The van der Waals surface area contributed by atoms with Gasteiger partial charge in [0.1, 0.15) is 0 Å². The van der Waals surface area contributed by atoms with Gasteiger partial charge in [-0.2, -0.15) is 0 Å². The predicted octanol–water partition coefficient (Wildman–Crippen LogP) is 5.77. The van der Waals surface area contributed by atoms with Crippen molar-refractivity contribution in [1.29, 1.82) is 0 Å². The summed E-state index contributed by atoms with van der Waals surface area (Å²) in [6, 6.07) is 14.6. The fourth-order valence-electron chi connectivity index (χ4n) is 1.56. The fourth-order valence-corrected chi connectivity index (χ4v) is 4.35. The lowest BCUT2D eigenvalue weighted by Gasteiger charge is -2.10. The summed E-state index contributed by atoms with van der Waals surface area (Å²) in [7, 11) is 0. The molecule has 0 aromatic heterocycles. The Morgan fingerprint density at radius 2 is 1.56 bits per heavy atom. The average Bonchev–Trinajstić information content (AvgIpc) is 2.31. The van der Waals surface area contributed by atoms with Crippen molar-refractivity contribution in [3.8, 4) is 11.1 Å². The van der Waals surface area contributed by atoms with E-state index in [1.54, 1.807) is 0 Å². The number of hydrogen-bond acceptors (Lipinski definition) is 0. The highest BCUT2D eigenvalue weighted by Crippen LogP contribution is 2.36. The number of halogens is 3. The predicted molar refractivity (Wildman–Crippen MR) is 79.9 cm³/mol. The van der Waals surface area contributed by atoms with Crippen molar-refractivity contribution in [2.45, 2.75) is 5.33 Å². The average molecular weight is 405 g/mol. The van der Waals surface area contributed by atoms with E-state index in [0.29, 0.717) is 0 Å². The van der Waals surface area contributed by atoms with Gasteiger partial charge in [0.15, 0.2) is 0 Å². The molecule has 0 fully saturated rings. The lowest BCUT2D eigenvalue weighted by atomic mass is 10.0. The van der Waals surface area contributed by atoms with Gasteiger partial charge in [-0.25, -0.2) is 0 Å². The topological polar surface area (TPSA) is 0 Å². The van der Waals surface area contributed by atoms with E-state index in [-0.39, 0.29) is 0 Å². The summed E-state index contributed by atoms with van der Waals surface area (Å²) in [5.74, 6) is 0. The van der Waals surface area contributed by atoms with Crippen molar-refractivity contribution in [2.24, 2.45) is 0 Å². The molecule has 2 aromatic carbocycles. The number of benzene rings is 2. The first kappa shape index (κ1) is 12.3. The third-order valence-corrected chi connectivity index (χ3v) is 4.61. The van der Waals surface area contributed by atoms with E-state index in [4.69, 9.17) is 0 Å². The van der Waals surface area contributed by atoms with E-state index >= 15 is 0 Å². The quantitative estimate of drug-likeness (QED) is 0.557. The van der Waals surface area contributed by atoms with E-state index in [1.165, 1.54) is 16.7 Å². The Kier molecular flexibility index (Phi) is 4.22. The molecule has 0 aliphatic carbocycles. The Hall–Kier alpha value is -0.120. The van der Waals surface area contributed by atoms with Crippen molar-refractivity contribution in [2.75, 3.05) is 0 Å². The van der Waals surface area contributed by atoms with Crippen molar-refractivity contribution in [3.05, 3.63) is 57.0 Å². The Morgan fingerprint density at radius 1 is 0.875 bits per heavy atom. The van der Waals surface area contributed by atoms with Gasteiger partial charge >= 0.3 is 0 Å². The second kappa shape index (κ2) is 5.48. The number of alkyl halides is 1. The van der Waals surface area contributed by atoms with Crippen LogP contribution in [-0.4, -0.2) is 0 Å². The SMILES string of the molecule is BrCc1c(Br)ccc(-c2ccccc2)c1Br. The normalized spacial score (nSPS) is 10.4. The standard InChI is InChI=1S/C13H9Br3/c14-8-11-12(15)7-6-10(13(11)16)9-4-2-1-3-5-9/h1-7H,8H2. The summed E-state index contributed by atoms with van der Waals surface area (Å²) in [4.78, 5) is 0. The summed E-state index contributed by atoms with van der Waals surface area (Å²) in [6.07, 6.45) is 0. The molecule has 16 heavy (non-hydrogen) atoms. The number of rotatable bonds is 2. The summed E-state index contributed by atoms with van der Waals surface area (Å²) < 4.78 is 2.26. The molecule has 0 heterocycles. The van der Waals surface area contributed by atoms with Gasteiger partial charge in [0.25, 0.3) is 0 Å². The minimum Gasteiger partial charge on any atom is -0.0875 e. The van der Waals surface area contributed by atoms with Gasteiger partial charge < -0.3 is 0 Å². The first-order valence-electron chi connectivity index (χ1n) is 4.82. The van der Waals surface area contributed by atoms with Crippen LogP contribution in [0.1, 0.15) is 5.56 Å². The highest BCUT2D eigenvalue weighted by Gasteiger charge is 2.09. The zero-order chi connectivity index (χ0) is 11.5. The Labute approximate surface area is 120 Å². The molecule has 0 spiro atoms. The van der Waals surface area contributed by atoms with Gasteiger partial charge in [0.05, 0.1) is 0 Å². The molecule has 2 rings (SSSR count). The van der Waals surface area contributed by atoms with Gasteiger partial charge in [-0.05, 0) is 38.7 Å². The molecular formula is C13H9Br3. The maximum absolute atomic E-state index is 3.67. The molecule has 0 aliphatic heterocycles. The fraction of sp³-hybridized carbons (Fsp3) is 0.0769. The van der Waals surface area contributed by atoms with E-state index in [2.05, 4.69) is 84.2 Å². The van der Waals surface area contributed by atoms with Gasteiger partial charge in [-0.3, -0.25) is 0 Å². The van der Waals surface area contributed by atoms with Crippen LogP contribution in [0.5, 0.6) is 0 Å². The van der Waals surface area contributed by atoms with Crippen molar-refractivity contribution in [1.82, 2.24) is 0 Å². The second-order valence-electron chi connectivity index (χ2n) is 3.39. The number of hydrogen-bond donors (Lipinski definition) is 0. The summed E-state index contributed by atoms with van der Waals surface area (Å²) in [6.45, 7) is 0. The highest BCUT2D eigenvalue weighted by atomic mass is 79.9. The zero-order valence-electron chi connectivity index (χ0n) is 8.38. The second-order valence-corrected chi connectivity index (χ2v) is 5.60. The molecule has 0 amide bonds. The molecule has 0 saturated carbocycles. The molecule has 82 valence electrons. The Bertz CT molecular complexity index is 492. The maximum Gasteiger partial charge on any atom is 0.0305 e. The third kappa shape index (κ3) is 2.41. The third-order valence-electron chi connectivity index (χ3n) is 2.40. The Morgan fingerprint density at radius 3 is 2.19 bits per heavy atom. The van der Waals surface area contributed by atoms with Crippen molar-refractivity contribution in [3.63, 3.8) is 0 Å². The largest absolute Gasteiger partial charge is 0.0875 e. The van der Waals surface area contributed by atoms with Gasteiger partial charge in [-0.1, -0.05) is 68.3 Å². The van der Waals surface area contributed by atoms with E-state index < -0.39 is 0 Å². The molecule has 0 N–H and O–H groups in total. The molecule has 2 aromatic rings. The summed E-state index contributed by atoms with van der Waals surface area (Å²) in [5, 5.41) is 0.828. The molecular weight excluding hydrogens is 396 g/mol.